The van der Waals surface area contributed by atoms with E-state index in [4.69, 9.17) is 11.7 Å². The van der Waals surface area contributed by atoms with Gasteiger partial charge in [-0.3, -0.25) is 4.79 Å². The van der Waals surface area contributed by atoms with Gasteiger partial charge in [-0.15, -0.1) is 6.42 Å². The lowest BCUT2D eigenvalue weighted by atomic mass is 10.2. The molecule has 3 nitrogen and oxygen atoms in total. The predicted molar refractivity (Wildman–Crippen MR) is 52.5 cm³/mol. The van der Waals surface area contributed by atoms with Crippen molar-refractivity contribution in [3.63, 3.8) is 0 Å². The van der Waals surface area contributed by atoms with Gasteiger partial charge >= 0.3 is 0 Å². The van der Waals surface area contributed by atoms with Crippen molar-refractivity contribution in [3.05, 3.63) is 36.2 Å². The minimum atomic E-state index is -0.211. The van der Waals surface area contributed by atoms with E-state index in [-0.39, 0.29) is 12.3 Å². The zero-order valence-electron chi connectivity index (χ0n) is 7.53. The van der Waals surface area contributed by atoms with Crippen molar-refractivity contribution in [1.82, 2.24) is 4.57 Å². The molecule has 0 saturated heterocycles. The van der Waals surface area contributed by atoms with Crippen LogP contribution in [0.3, 0.4) is 0 Å². The van der Waals surface area contributed by atoms with Crippen LogP contribution in [-0.2, 0) is 6.54 Å². The number of allylic oxidation sites excluding steroid dienone is 1. The van der Waals surface area contributed by atoms with E-state index < -0.39 is 0 Å². The summed E-state index contributed by atoms with van der Waals surface area (Å²) in [6.45, 7) is 3.65. The van der Waals surface area contributed by atoms with Gasteiger partial charge in [0.15, 0.2) is 5.78 Å². The van der Waals surface area contributed by atoms with E-state index in [9.17, 15) is 4.79 Å². The molecule has 1 heterocycles. The highest BCUT2D eigenvalue weighted by molar-refractivity contribution is 6.04. The molecule has 0 aliphatic carbocycles. The Morgan fingerprint density at radius 3 is 3.00 bits per heavy atom. The molecular weight excluding hydrogens is 176 g/mol. The summed E-state index contributed by atoms with van der Waals surface area (Å²) >= 11 is 0. The number of ketones is 1. The lowest BCUT2D eigenvalue weighted by Gasteiger charge is -1.95. The number of hydrogen-bond donors (Lipinski definition) is 0. The smallest absolute Gasteiger partial charge is 0.186 e. The highest BCUT2D eigenvalue weighted by Crippen LogP contribution is 2.08. The molecule has 0 fully saturated rings. The molecular formula is C11H8N2O. The van der Waals surface area contributed by atoms with E-state index in [1.807, 2.05) is 6.07 Å². The van der Waals surface area contributed by atoms with Crippen LogP contribution in [0, 0.1) is 23.7 Å². The SMILES string of the molecule is C#CCn1cc(C(=O)C=C)cc1C#N. The lowest BCUT2D eigenvalue weighted by Crippen LogP contribution is -1.96. The van der Waals surface area contributed by atoms with Crippen LogP contribution in [-0.4, -0.2) is 10.4 Å². The Bertz CT molecular complexity index is 455. The predicted octanol–water partition coefficient (Wildman–Crippen LogP) is 1.36. The van der Waals surface area contributed by atoms with E-state index in [1.54, 1.807) is 10.8 Å². The number of carbonyl (C=O) groups is 1. The Morgan fingerprint density at radius 1 is 1.79 bits per heavy atom. The van der Waals surface area contributed by atoms with Crippen molar-refractivity contribution in [2.24, 2.45) is 0 Å². The summed E-state index contributed by atoms with van der Waals surface area (Å²) in [6, 6.07) is 3.46. The summed E-state index contributed by atoms with van der Waals surface area (Å²) in [5, 5.41) is 8.74. The molecule has 68 valence electrons. The van der Waals surface area contributed by atoms with Gasteiger partial charge in [0, 0.05) is 11.8 Å². The van der Waals surface area contributed by atoms with Crippen molar-refractivity contribution in [2.45, 2.75) is 6.54 Å². The van der Waals surface area contributed by atoms with Crippen LogP contribution in [0.5, 0.6) is 0 Å². The number of carbonyl (C=O) groups excluding carboxylic acids is 1. The molecule has 1 rings (SSSR count). The number of terminal acetylenes is 1. The summed E-state index contributed by atoms with van der Waals surface area (Å²) in [5.74, 6) is 2.19. The molecule has 0 bridgehead atoms. The second-order valence-corrected chi connectivity index (χ2v) is 2.63. The number of nitriles is 1. The average molecular weight is 184 g/mol. The fourth-order valence-electron chi connectivity index (χ4n) is 1.08. The van der Waals surface area contributed by atoms with Gasteiger partial charge in [0.05, 0.1) is 6.54 Å². The summed E-state index contributed by atoms with van der Waals surface area (Å²) in [5.41, 5.74) is 0.819. The highest BCUT2D eigenvalue weighted by Gasteiger charge is 2.08. The number of nitrogens with zero attached hydrogens (tertiary/aromatic N) is 2. The number of rotatable bonds is 3. The van der Waals surface area contributed by atoms with Crippen molar-refractivity contribution in [2.75, 3.05) is 0 Å². The van der Waals surface area contributed by atoms with Gasteiger partial charge in [-0.25, -0.2) is 0 Å². The summed E-state index contributed by atoms with van der Waals surface area (Å²) in [4.78, 5) is 11.2. The Labute approximate surface area is 82.3 Å². The van der Waals surface area contributed by atoms with Crippen molar-refractivity contribution >= 4 is 5.78 Å². The van der Waals surface area contributed by atoms with Crippen LogP contribution in [0.15, 0.2) is 24.9 Å². The quantitative estimate of drug-likeness (QED) is 0.404. The third-order valence-electron chi connectivity index (χ3n) is 1.74. The van der Waals surface area contributed by atoms with E-state index in [0.29, 0.717) is 11.3 Å². The van der Waals surface area contributed by atoms with Crippen molar-refractivity contribution in [3.8, 4) is 18.4 Å². The average Bonchev–Trinajstić information content (AvgIpc) is 2.60. The van der Waals surface area contributed by atoms with Crippen LogP contribution < -0.4 is 0 Å². The molecule has 1 aromatic heterocycles. The third kappa shape index (κ3) is 1.73. The van der Waals surface area contributed by atoms with Gasteiger partial charge in [-0.2, -0.15) is 5.26 Å². The van der Waals surface area contributed by atoms with Gasteiger partial charge in [-0.05, 0) is 12.1 Å². The van der Waals surface area contributed by atoms with Gasteiger partial charge in [0.2, 0.25) is 0 Å². The zero-order valence-corrected chi connectivity index (χ0v) is 7.53. The first-order valence-electron chi connectivity index (χ1n) is 3.93. The van der Waals surface area contributed by atoms with E-state index in [0.717, 1.165) is 0 Å². The molecule has 14 heavy (non-hydrogen) atoms. The molecule has 0 saturated carbocycles. The van der Waals surface area contributed by atoms with Crippen molar-refractivity contribution < 1.29 is 4.79 Å². The Kier molecular flexibility index (Phi) is 2.89. The van der Waals surface area contributed by atoms with Crippen LogP contribution in [0.25, 0.3) is 0 Å². The highest BCUT2D eigenvalue weighted by atomic mass is 16.1. The minimum Gasteiger partial charge on any atom is -0.327 e. The fraction of sp³-hybridized carbons (Fsp3) is 0.0909. The van der Waals surface area contributed by atoms with Crippen LogP contribution in [0.1, 0.15) is 16.1 Å². The topological polar surface area (TPSA) is 45.8 Å². The van der Waals surface area contributed by atoms with E-state index >= 15 is 0 Å². The van der Waals surface area contributed by atoms with Crippen LogP contribution in [0.2, 0.25) is 0 Å². The van der Waals surface area contributed by atoms with Crippen LogP contribution in [0.4, 0.5) is 0 Å². The maximum absolute atomic E-state index is 11.2. The molecule has 3 heteroatoms. The molecule has 0 unspecified atom stereocenters. The van der Waals surface area contributed by atoms with Gasteiger partial charge in [0.1, 0.15) is 11.8 Å². The molecule has 0 N–H and O–H groups in total. The standard InChI is InChI=1S/C11H8N2O/c1-3-5-13-8-9(11(14)4-2)6-10(13)7-12/h1,4,6,8H,2,5H2. The Morgan fingerprint density at radius 2 is 2.50 bits per heavy atom. The summed E-state index contributed by atoms with van der Waals surface area (Å²) < 4.78 is 1.55. The molecule has 1 aromatic rings. The number of aromatic nitrogens is 1. The maximum Gasteiger partial charge on any atom is 0.186 e. The second kappa shape index (κ2) is 4.11. The molecule has 0 aromatic carbocycles. The maximum atomic E-state index is 11.2. The first-order valence-corrected chi connectivity index (χ1v) is 3.93. The lowest BCUT2D eigenvalue weighted by molar-refractivity contribution is 0.104. The first kappa shape index (κ1) is 9.83. The molecule has 0 aliphatic heterocycles. The van der Waals surface area contributed by atoms with Gasteiger partial charge < -0.3 is 4.57 Å². The van der Waals surface area contributed by atoms with Crippen molar-refractivity contribution in [1.29, 1.82) is 5.26 Å². The van der Waals surface area contributed by atoms with E-state index in [1.165, 1.54) is 12.1 Å². The summed E-state index contributed by atoms with van der Waals surface area (Å²) in [7, 11) is 0. The molecule has 0 spiro atoms. The monoisotopic (exact) mass is 184 g/mol. The zero-order chi connectivity index (χ0) is 10.6. The second-order valence-electron chi connectivity index (χ2n) is 2.63. The Hall–Kier alpha value is -2.26. The molecule has 0 radical (unpaired) electrons. The summed E-state index contributed by atoms with van der Waals surface area (Å²) in [6.07, 6.45) is 7.88. The fourth-order valence-corrected chi connectivity index (χ4v) is 1.08. The molecule has 0 aliphatic rings. The van der Waals surface area contributed by atoms with Gasteiger partial charge in [-0.1, -0.05) is 12.5 Å². The molecule has 0 atom stereocenters. The first-order chi connectivity index (χ1) is 6.72. The molecule has 0 amide bonds. The third-order valence-corrected chi connectivity index (χ3v) is 1.74. The van der Waals surface area contributed by atoms with E-state index in [2.05, 4.69) is 12.5 Å². The number of hydrogen-bond acceptors (Lipinski definition) is 2. The normalized spacial score (nSPS) is 8.71. The minimum absolute atomic E-state index is 0.211. The van der Waals surface area contributed by atoms with Gasteiger partial charge in [0.25, 0.3) is 0 Å². The van der Waals surface area contributed by atoms with Crippen LogP contribution >= 0.6 is 0 Å². The Balaban J connectivity index is 3.15. The largest absolute Gasteiger partial charge is 0.327 e.